The van der Waals surface area contributed by atoms with Gasteiger partial charge in [0.2, 0.25) is 0 Å². The van der Waals surface area contributed by atoms with Crippen molar-refractivity contribution in [2.45, 2.75) is 0 Å². The zero-order valence-corrected chi connectivity index (χ0v) is 16.2. The molecule has 3 rings (SSSR count). The van der Waals surface area contributed by atoms with Crippen molar-refractivity contribution in [2.24, 2.45) is 5.73 Å². The number of anilines is 2. The lowest BCUT2D eigenvalue weighted by Gasteiger charge is -2.33. The van der Waals surface area contributed by atoms with Gasteiger partial charge in [-0.3, -0.25) is 9.59 Å². The van der Waals surface area contributed by atoms with Crippen molar-refractivity contribution in [1.82, 2.24) is 0 Å². The van der Waals surface area contributed by atoms with Gasteiger partial charge in [-0.2, -0.15) is 0 Å². The van der Waals surface area contributed by atoms with Gasteiger partial charge in [0.1, 0.15) is 0 Å². The second-order valence-corrected chi connectivity index (χ2v) is 7.28. The van der Waals surface area contributed by atoms with Crippen molar-refractivity contribution in [3.05, 3.63) is 58.1 Å². The Kier molecular flexibility index (Phi) is 6.21. The molecule has 1 aliphatic heterocycles. The first-order chi connectivity index (χ1) is 12.9. The summed E-state index contributed by atoms with van der Waals surface area (Å²) in [5.74, 6) is -0.699. The van der Waals surface area contributed by atoms with E-state index < -0.39 is 5.91 Å². The van der Waals surface area contributed by atoms with Gasteiger partial charge in [-0.15, -0.1) is 0 Å². The van der Waals surface area contributed by atoms with Gasteiger partial charge in [-0.05, 0) is 30.3 Å². The van der Waals surface area contributed by atoms with Crippen LogP contribution in [0.3, 0.4) is 0 Å². The minimum Gasteiger partial charge on any atom is -0.366 e. The Morgan fingerprint density at radius 3 is 2.44 bits per heavy atom. The molecular weight excluding hydrogens is 387 g/mol. The Hall–Kier alpha value is -2.28. The Bertz CT molecular complexity index is 851. The molecule has 27 heavy (non-hydrogen) atoms. The van der Waals surface area contributed by atoms with Crippen molar-refractivity contribution in [3.8, 4) is 0 Å². The highest BCUT2D eigenvalue weighted by atomic mass is 35.5. The molecule has 142 valence electrons. The molecule has 8 heteroatoms. The fraction of sp³-hybridized carbons (Fsp3) is 0.263. The molecule has 1 saturated heterocycles. The van der Waals surface area contributed by atoms with E-state index >= 15 is 0 Å². The highest BCUT2D eigenvalue weighted by Crippen LogP contribution is 2.27. The van der Waals surface area contributed by atoms with Gasteiger partial charge in [0, 0.05) is 5.69 Å². The number of para-hydroxylation sites is 1. The van der Waals surface area contributed by atoms with Crippen molar-refractivity contribution in [2.75, 3.05) is 42.9 Å². The topological polar surface area (TPSA) is 79.9 Å². The van der Waals surface area contributed by atoms with Crippen LogP contribution in [0.4, 0.5) is 11.4 Å². The Morgan fingerprint density at radius 1 is 1.07 bits per heavy atom. The molecule has 2 aromatic carbocycles. The molecular formula is C19H21Cl2N4O2+. The zero-order chi connectivity index (χ0) is 19.4. The van der Waals surface area contributed by atoms with Crippen LogP contribution in [0.2, 0.25) is 10.0 Å². The maximum atomic E-state index is 12.4. The predicted octanol–water partition coefficient (Wildman–Crippen LogP) is 1.44. The number of nitrogens with zero attached hydrogens (tertiary/aromatic N) is 1. The van der Waals surface area contributed by atoms with Crippen LogP contribution < -0.4 is 20.9 Å². The third-order valence-electron chi connectivity index (χ3n) is 4.62. The minimum absolute atomic E-state index is 0.137. The van der Waals surface area contributed by atoms with Gasteiger partial charge in [0.05, 0.1) is 47.5 Å². The SMILES string of the molecule is NC(=O)c1ccccc1NC(=O)C[NH+]1CCN(c2ccc(Cl)c(Cl)c2)CC1. The average molecular weight is 408 g/mol. The summed E-state index contributed by atoms with van der Waals surface area (Å²) in [6, 6.07) is 12.3. The molecule has 6 nitrogen and oxygen atoms in total. The van der Waals surface area contributed by atoms with Crippen molar-refractivity contribution in [1.29, 1.82) is 0 Å². The quantitative estimate of drug-likeness (QED) is 0.701. The third kappa shape index (κ3) is 4.91. The molecule has 0 saturated carbocycles. The standard InChI is InChI=1S/C19H20Cl2N4O2/c20-15-6-5-13(11-16(15)21)25-9-7-24(8-10-25)12-18(26)23-17-4-2-1-3-14(17)19(22)27/h1-6,11H,7-10,12H2,(H2,22,27)(H,23,26)/p+1. The van der Waals surface area contributed by atoms with Crippen LogP contribution in [0.5, 0.6) is 0 Å². The fourth-order valence-corrected chi connectivity index (χ4v) is 3.46. The molecule has 0 spiro atoms. The van der Waals surface area contributed by atoms with Crippen LogP contribution in [0.1, 0.15) is 10.4 Å². The van der Waals surface area contributed by atoms with Gasteiger partial charge in [0.25, 0.3) is 11.8 Å². The number of rotatable bonds is 5. The predicted molar refractivity (Wildman–Crippen MR) is 108 cm³/mol. The summed E-state index contributed by atoms with van der Waals surface area (Å²) in [5, 5.41) is 3.87. The van der Waals surface area contributed by atoms with E-state index in [2.05, 4.69) is 10.2 Å². The van der Waals surface area contributed by atoms with Gasteiger partial charge in [0.15, 0.2) is 6.54 Å². The van der Waals surface area contributed by atoms with E-state index in [-0.39, 0.29) is 5.91 Å². The maximum absolute atomic E-state index is 12.4. The van der Waals surface area contributed by atoms with Crippen LogP contribution in [0, 0.1) is 0 Å². The number of hydrogen-bond donors (Lipinski definition) is 3. The number of carbonyl (C=O) groups excluding carboxylic acids is 2. The number of primary amides is 1. The van der Waals surface area contributed by atoms with Crippen LogP contribution in [-0.4, -0.2) is 44.5 Å². The van der Waals surface area contributed by atoms with Crippen LogP contribution >= 0.6 is 23.2 Å². The molecule has 2 aromatic rings. The maximum Gasteiger partial charge on any atom is 0.279 e. The Balaban J connectivity index is 1.54. The van der Waals surface area contributed by atoms with E-state index in [0.717, 1.165) is 31.9 Å². The van der Waals surface area contributed by atoms with Gasteiger partial charge in [-0.1, -0.05) is 35.3 Å². The third-order valence-corrected chi connectivity index (χ3v) is 5.36. The summed E-state index contributed by atoms with van der Waals surface area (Å²) in [6.45, 7) is 3.62. The Morgan fingerprint density at radius 2 is 1.78 bits per heavy atom. The monoisotopic (exact) mass is 407 g/mol. The summed E-state index contributed by atoms with van der Waals surface area (Å²) >= 11 is 12.1. The zero-order valence-electron chi connectivity index (χ0n) is 14.7. The molecule has 0 bridgehead atoms. The van der Waals surface area contributed by atoms with E-state index in [1.807, 2.05) is 12.1 Å². The lowest BCUT2D eigenvalue weighted by Crippen LogP contribution is -3.15. The molecule has 0 aliphatic carbocycles. The van der Waals surface area contributed by atoms with Crippen LogP contribution in [0.25, 0.3) is 0 Å². The number of benzene rings is 2. The molecule has 0 radical (unpaired) electrons. The highest BCUT2D eigenvalue weighted by Gasteiger charge is 2.23. The van der Waals surface area contributed by atoms with Crippen LogP contribution in [-0.2, 0) is 4.79 Å². The van der Waals surface area contributed by atoms with Crippen LogP contribution in [0.15, 0.2) is 42.5 Å². The lowest BCUT2D eigenvalue weighted by molar-refractivity contribution is -0.892. The van der Waals surface area contributed by atoms with E-state index in [0.29, 0.717) is 27.8 Å². The van der Waals surface area contributed by atoms with Gasteiger partial charge < -0.3 is 20.9 Å². The first-order valence-corrected chi connectivity index (χ1v) is 9.42. The van der Waals surface area contributed by atoms with Crippen molar-refractivity contribution in [3.63, 3.8) is 0 Å². The molecule has 0 atom stereocenters. The molecule has 0 unspecified atom stereocenters. The summed E-state index contributed by atoms with van der Waals surface area (Å²) < 4.78 is 0. The second kappa shape index (κ2) is 8.61. The molecule has 1 aliphatic rings. The van der Waals surface area contributed by atoms with E-state index in [4.69, 9.17) is 28.9 Å². The lowest BCUT2D eigenvalue weighted by atomic mass is 10.1. The van der Waals surface area contributed by atoms with E-state index in [1.165, 1.54) is 4.90 Å². The number of hydrogen-bond acceptors (Lipinski definition) is 3. The van der Waals surface area contributed by atoms with E-state index in [9.17, 15) is 9.59 Å². The number of halogens is 2. The number of piperazine rings is 1. The molecule has 4 N–H and O–H groups in total. The number of carbonyl (C=O) groups is 2. The summed E-state index contributed by atoms with van der Waals surface area (Å²) in [6.07, 6.45) is 0. The molecule has 2 amide bonds. The first-order valence-electron chi connectivity index (χ1n) is 8.66. The Labute approximate surface area is 167 Å². The average Bonchev–Trinajstić information content (AvgIpc) is 2.65. The van der Waals surface area contributed by atoms with E-state index in [1.54, 1.807) is 30.3 Å². The second-order valence-electron chi connectivity index (χ2n) is 6.47. The number of nitrogens with two attached hydrogens (primary N) is 1. The van der Waals surface area contributed by atoms with Gasteiger partial charge >= 0.3 is 0 Å². The smallest absolute Gasteiger partial charge is 0.279 e. The number of quaternary nitrogens is 1. The molecule has 1 heterocycles. The summed E-state index contributed by atoms with van der Waals surface area (Å²) in [4.78, 5) is 27.2. The number of amides is 2. The van der Waals surface area contributed by atoms with Crippen molar-refractivity contribution >= 4 is 46.4 Å². The summed E-state index contributed by atoms with van der Waals surface area (Å²) in [7, 11) is 0. The minimum atomic E-state index is -0.562. The first kappa shape index (κ1) is 19.5. The highest BCUT2D eigenvalue weighted by molar-refractivity contribution is 6.42. The van der Waals surface area contributed by atoms with Crippen molar-refractivity contribution < 1.29 is 14.5 Å². The summed E-state index contributed by atoms with van der Waals surface area (Å²) in [5.41, 5.74) is 7.14. The molecule has 1 fully saturated rings. The normalized spacial score (nSPS) is 14.8. The largest absolute Gasteiger partial charge is 0.366 e. The van der Waals surface area contributed by atoms with Gasteiger partial charge in [-0.25, -0.2) is 0 Å². The fourth-order valence-electron chi connectivity index (χ4n) is 3.17. The number of nitrogens with one attached hydrogen (secondary N) is 2. The molecule has 0 aromatic heterocycles.